The Morgan fingerprint density at radius 1 is 1.07 bits per heavy atom. The van der Waals surface area contributed by atoms with E-state index in [9.17, 15) is 14.4 Å². The van der Waals surface area contributed by atoms with E-state index in [0.717, 1.165) is 5.56 Å². The minimum atomic E-state index is -0.858. The average Bonchev–Trinajstić information content (AvgIpc) is 3.31. The zero-order chi connectivity index (χ0) is 20.3. The fourth-order valence-electron chi connectivity index (χ4n) is 3.07. The normalized spacial score (nSPS) is 18.2. The van der Waals surface area contributed by atoms with Gasteiger partial charge in [-0.05, 0) is 34.9 Å². The van der Waals surface area contributed by atoms with Gasteiger partial charge in [-0.25, -0.2) is 4.79 Å². The van der Waals surface area contributed by atoms with Crippen LogP contribution in [0.4, 0.5) is 0 Å². The Balaban J connectivity index is 0.000000311. The van der Waals surface area contributed by atoms with Gasteiger partial charge in [-0.15, -0.1) is 0 Å². The van der Waals surface area contributed by atoms with E-state index >= 15 is 0 Å². The lowest BCUT2D eigenvalue weighted by Gasteiger charge is -2.45. The number of benzene rings is 2. The van der Waals surface area contributed by atoms with E-state index in [2.05, 4.69) is 29.6 Å². The highest BCUT2D eigenvalue weighted by atomic mass is 16.5. The number of carbonyl (C=O) groups excluding carboxylic acids is 3. The summed E-state index contributed by atoms with van der Waals surface area (Å²) in [6, 6.07) is 14.0. The summed E-state index contributed by atoms with van der Waals surface area (Å²) in [4.78, 5) is 36.5. The van der Waals surface area contributed by atoms with E-state index in [0.29, 0.717) is 5.75 Å². The lowest BCUT2D eigenvalue weighted by atomic mass is 9.94. The molecule has 7 heteroatoms. The number of nitrogens with zero attached hydrogens (tertiary/aromatic N) is 1. The third-order valence-corrected chi connectivity index (χ3v) is 4.63. The SMILES string of the molecule is COC(=O)C1C(NC(C)=O)C(=O)N1Cc1ccc(OC)cc1.c1cc2cc-2c1. The molecule has 0 radical (unpaired) electrons. The maximum atomic E-state index is 12.1. The highest BCUT2D eigenvalue weighted by molar-refractivity contribution is 6.01. The predicted octanol–water partition coefficient (Wildman–Crippen LogP) is 1.75. The number of rotatable bonds is 5. The molecule has 3 aliphatic rings. The molecule has 0 aromatic heterocycles. The first-order valence-electron chi connectivity index (χ1n) is 8.83. The van der Waals surface area contributed by atoms with E-state index in [-0.39, 0.29) is 18.4 Å². The zero-order valence-electron chi connectivity index (χ0n) is 16.0. The summed E-state index contributed by atoms with van der Waals surface area (Å²) in [5, 5.41) is 2.48. The van der Waals surface area contributed by atoms with Crippen molar-refractivity contribution < 1.29 is 23.9 Å². The topological polar surface area (TPSA) is 84.9 Å². The first-order valence-corrected chi connectivity index (χ1v) is 8.83. The molecule has 0 bridgehead atoms. The van der Waals surface area contributed by atoms with E-state index in [1.807, 2.05) is 12.1 Å². The molecular formula is C21H22N2O5. The van der Waals surface area contributed by atoms with Gasteiger partial charge in [0.15, 0.2) is 6.04 Å². The predicted molar refractivity (Wildman–Crippen MR) is 102 cm³/mol. The Kier molecular flexibility index (Phi) is 5.63. The Hall–Kier alpha value is -3.35. The van der Waals surface area contributed by atoms with Crippen molar-refractivity contribution in [1.82, 2.24) is 10.2 Å². The largest absolute Gasteiger partial charge is 0.497 e. The Morgan fingerprint density at radius 3 is 2.14 bits per heavy atom. The molecule has 1 aromatic rings. The lowest BCUT2D eigenvalue weighted by Crippen LogP contribution is -2.72. The number of hydrogen-bond donors (Lipinski definition) is 1. The summed E-state index contributed by atoms with van der Waals surface area (Å²) in [5.74, 6) is -0.510. The second-order valence-corrected chi connectivity index (χ2v) is 6.54. The van der Waals surface area contributed by atoms with Gasteiger partial charge < -0.3 is 19.7 Å². The third kappa shape index (κ3) is 4.14. The maximum absolute atomic E-state index is 12.1. The Bertz CT molecular complexity index is 877. The molecule has 1 N–H and O–H groups in total. The van der Waals surface area contributed by atoms with E-state index in [1.165, 1.54) is 30.1 Å². The monoisotopic (exact) mass is 382 g/mol. The standard InChI is InChI=1S/C15H18N2O5.C6H4/c1-9(18)16-12-13(15(20)22-3)17(14(12)19)8-10-4-6-11(21-2)7-5-10;1-2-5-4-6(5)3-1/h4-7,12-13H,8H2,1-3H3,(H,16,18);1-4H. The molecule has 1 aliphatic heterocycles. The summed E-state index contributed by atoms with van der Waals surface area (Å²) >= 11 is 0. The number of carbonyl (C=O) groups is 3. The second-order valence-electron chi connectivity index (χ2n) is 6.54. The van der Waals surface area contributed by atoms with Crippen molar-refractivity contribution in [2.75, 3.05) is 14.2 Å². The van der Waals surface area contributed by atoms with Gasteiger partial charge in [0.05, 0.1) is 14.2 Å². The Labute approximate surface area is 163 Å². The van der Waals surface area contributed by atoms with Crippen LogP contribution in [0, 0.1) is 0 Å². The number of methoxy groups -OCH3 is 2. The molecule has 146 valence electrons. The number of likely N-dealkylation sites (tertiary alicyclic amines) is 1. The van der Waals surface area contributed by atoms with Gasteiger partial charge in [0.1, 0.15) is 11.8 Å². The van der Waals surface area contributed by atoms with Crippen molar-refractivity contribution in [2.45, 2.75) is 25.6 Å². The van der Waals surface area contributed by atoms with Crippen LogP contribution in [-0.4, -0.2) is 49.0 Å². The Morgan fingerprint density at radius 2 is 1.71 bits per heavy atom. The molecule has 2 amide bonds. The van der Waals surface area contributed by atoms with Crippen LogP contribution in [0.3, 0.4) is 0 Å². The van der Waals surface area contributed by atoms with Crippen molar-refractivity contribution in [3.63, 3.8) is 0 Å². The molecule has 2 atom stereocenters. The molecule has 4 rings (SSSR count). The fourth-order valence-corrected chi connectivity index (χ4v) is 3.07. The van der Waals surface area contributed by atoms with Crippen LogP contribution >= 0.6 is 0 Å². The third-order valence-electron chi connectivity index (χ3n) is 4.63. The number of hydrogen-bond acceptors (Lipinski definition) is 5. The molecular weight excluding hydrogens is 360 g/mol. The summed E-state index contributed by atoms with van der Waals surface area (Å²) in [6.07, 6.45) is 0. The van der Waals surface area contributed by atoms with E-state index in [1.54, 1.807) is 19.2 Å². The van der Waals surface area contributed by atoms with Crippen molar-refractivity contribution in [2.24, 2.45) is 0 Å². The minimum Gasteiger partial charge on any atom is -0.497 e. The van der Waals surface area contributed by atoms with Gasteiger partial charge in [0, 0.05) is 13.5 Å². The first kappa shape index (κ1) is 19.4. The number of amides is 2. The smallest absolute Gasteiger partial charge is 0.331 e. The molecule has 7 nitrogen and oxygen atoms in total. The molecule has 2 aliphatic carbocycles. The van der Waals surface area contributed by atoms with Crippen LogP contribution in [0.15, 0.2) is 48.5 Å². The zero-order valence-corrected chi connectivity index (χ0v) is 16.0. The molecule has 1 saturated heterocycles. The lowest BCUT2D eigenvalue weighted by molar-refractivity contribution is -0.170. The maximum Gasteiger partial charge on any atom is 0.331 e. The number of esters is 1. The van der Waals surface area contributed by atoms with Gasteiger partial charge in [-0.3, -0.25) is 9.59 Å². The van der Waals surface area contributed by atoms with Crippen LogP contribution in [0.2, 0.25) is 0 Å². The quantitative estimate of drug-likeness (QED) is 0.537. The summed E-state index contributed by atoms with van der Waals surface area (Å²) in [7, 11) is 2.82. The molecule has 1 aromatic carbocycles. The molecule has 0 saturated carbocycles. The van der Waals surface area contributed by atoms with E-state index in [4.69, 9.17) is 9.47 Å². The highest BCUT2D eigenvalue weighted by Crippen LogP contribution is 2.32. The van der Waals surface area contributed by atoms with Gasteiger partial charge in [0.2, 0.25) is 11.8 Å². The van der Waals surface area contributed by atoms with Crippen molar-refractivity contribution in [3.05, 3.63) is 54.1 Å². The number of nitrogens with one attached hydrogen (secondary N) is 1. The molecule has 28 heavy (non-hydrogen) atoms. The first-order chi connectivity index (χ1) is 13.4. The number of fused-ring (bicyclic) bond motifs is 1. The van der Waals surface area contributed by atoms with Crippen LogP contribution < -0.4 is 10.1 Å². The van der Waals surface area contributed by atoms with Crippen molar-refractivity contribution in [3.8, 4) is 16.9 Å². The van der Waals surface area contributed by atoms with E-state index < -0.39 is 18.1 Å². The van der Waals surface area contributed by atoms with Gasteiger partial charge in [0.25, 0.3) is 0 Å². The van der Waals surface area contributed by atoms with Crippen LogP contribution in [0.1, 0.15) is 12.5 Å². The highest BCUT2D eigenvalue weighted by Gasteiger charge is 2.52. The molecule has 0 spiro atoms. The summed E-state index contributed by atoms with van der Waals surface area (Å²) < 4.78 is 9.79. The fraction of sp³-hybridized carbons (Fsp3) is 0.286. The van der Waals surface area contributed by atoms with Crippen LogP contribution in [-0.2, 0) is 25.7 Å². The van der Waals surface area contributed by atoms with Gasteiger partial charge in [-0.2, -0.15) is 0 Å². The molecule has 1 heterocycles. The summed E-state index contributed by atoms with van der Waals surface area (Å²) in [6.45, 7) is 1.56. The van der Waals surface area contributed by atoms with Gasteiger partial charge >= 0.3 is 5.97 Å². The summed E-state index contributed by atoms with van der Waals surface area (Å²) in [5.41, 5.74) is 3.70. The molecule has 1 fully saturated rings. The minimum absolute atomic E-state index is 0.263. The van der Waals surface area contributed by atoms with Crippen molar-refractivity contribution >= 4 is 17.8 Å². The van der Waals surface area contributed by atoms with Crippen molar-refractivity contribution in [1.29, 1.82) is 0 Å². The van der Waals surface area contributed by atoms with Gasteiger partial charge in [-0.1, -0.05) is 30.3 Å². The number of ether oxygens (including phenoxy) is 2. The van der Waals surface area contributed by atoms with Crippen LogP contribution in [0.5, 0.6) is 5.75 Å². The second kappa shape index (κ2) is 8.12. The average molecular weight is 382 g/mol. The van der Waals surface area contributed by atoms with Crippen LogP contribution in [0.25, 0.3) is 11.1 Å². The molecule has 2 unspecified atom stereocenters. The number of β-lactam (4-membered cyclic amide) rings is 1.